The third-order valence-corrected chi connectivity index (χ3v) is 6.44. The van der Waals surface area contributed by atoms with Gasteiger partial charge in [-0.1, -0.05) is 48.5 Å². The van der Waals surface area contributed by atoms with Gasteiger partial charge in [-0.2, -0.15) is 0 Å². The van der Waals surface area contributed by atoms with Gasteiger partial charge in [0.1, 0.15) is 5.75 Å². The van der Waals surface area contributed by atoms with E-state index in [1.807, 2.05) is 42.5 Å². The van der Waals surface area contributed by atoms with E-state index in [9.17, 15) is 4.79 Å². The molecular weight excluding hydrogens is 380 g/mol. The number of hydrogen-bond acceptors (Lipinski definition) is 4. The highest BCUT2D eigenvalue weighted by Gasteiger charge is 2.29. The molecule has 1 fully saturated rings. The van der Waals surface area contributed by atoms with Gasteiger partial charge in [-0.25, -0.2) is 0 Å². The summed E-state index contributed by atoms with van der Waals surface area (Å²) in [6.07, 6.45) is 2.25. The van der Waals surface area contributed by atoms with Crippen molar-refractivity contribution in [2.24, 2.45) is 0 Å². The SMILES string of the molecule is COc1ccc([C@@H](NC(=O)CN2CCC[C@@H]2c2cccs2)c2ccccc2)cc1. The van der Waals surface area contributed by atoms with Gasteiger partial charge >= 0.3 is 0 Å². The zero-order valence-corrected chi connectivity index (χ0v) is 17.4. The molecule has 0 radical (unpaired) electrons. The first-order chi connectivity index (χ1) is 14.2. The van der Waals surface area contributed by atoms with Gasteiger partial charge in [0.2, 0.25) is 5.91 Å². The average molecular weight is 407 g/mol. The zero-order chi connectivity index (χ0) is 20.1. The van der Waals surface area contributed by atoms with Crippen LogP contribution in [0.1, 0.15) is 40.9 Å². The molecule has 0 aliphatic carbocycles. The number of carbonyl (C=O) groups excluding carboxylic acids is 1. The third kappa shape index (κ3) is 4.69. The molecule has 150 valence electrons. The summed E-state index contributed by atoms with van der Waals surface area (Å²) in [6, 6.07) is 22.5. The highest BCUT2D eigenvalue weighted by molar-refractivity contribution is 7.10. The van der Waals surface area contributed by atoms with Gasteiger partial charge in [-0.15, -0.1) is 11.3 Å². The van der Waals surface area contributed by atoms with Gasteiger partial charge < -0.3 is 10.1 Å². The van der Waals surface area contributed by atoms with E-state index in [1.165, 1.54) is 4.88 Å². The number of carbonyl (C=O) groups is 1. The maximum Gasteiger partial charge on any atom is 0.234 e. The Labute approximate surface area is 176 Å². The molecule has 3 aromatic rings. The predicted octanol–water partition coefficient (Wildman–Crippen LogP) is 4.80. The molecule has 2 aromatic carbocycles. The van der Waals surface area contributed by atoms with Crippen LogP contribution < -0.4 is 10.1 Å². The minimum Gasteiger partial charge on any atom is -0.497 e. The van der Waals surface area contributed by atoms with Crippen LogP contribution in [0.15, 0.2) is 72.1 Å². The van der Waals surface area contributed by atoms with E-state index in [1.54, 1.807) is 18.4 Å². The summed E-state index contributed by atoms with van der Waals surface area (Å²) in [5.41, 5.74) is 2.11. The summed E-state index contributed by atoms with van der Waals surface area (Å²) >= 11 is 1.78. The first kappa shape index (κ1) is 19.7. The van der Waals surface area contributed by atoms with E-state index in [-0.39, 0.29) is 11.9 Å². The van der Waals surface area contributed by atoms with Crippen molar-refractivity contribution in [1.29, 1.82) is 0 Å². The van der Waals surface area contributed by atoms with Gasteiger partial charge in [0.05, 0.1) is 19.7 Å². The maximum absolute atomic E-state index is 13.0. The van der Waals surface area contributed by atoms with Gasteiger partial charge in [0, 0.05) is 10.9 Å². The number of benzene rings is 2. The Kier molecular flexibility index (Phi) is 6.27. The van der Waals surface area contributed by atoms with Crippen LogP contribution in [0.5, 0.6) is 5.75 Å². The van der Waals surface area contributed by atoms with E-state index < -0.39 is 0 Å². The monoisotopic (exact) mass is 406 g/mol. The van der Waals surface area contributed by atoms with Crippen molar-refractivity contribution in [3.8, 4) is 5.75 Å². The number of rotatable bonds is 7. The Balaban J connectivity index is 1.50. The molecule has 4 nitrogen and oxygen atoms in total. The molecule has 0 spiro atoms. The van der Waals surface area contributed by atoms with Crippen LogP contribution in [0.25, 0.3) is 0 Å². The van der Waals surface area contributed by atoms with Crippen LogP contribution in [-0.4, -0.2) is 31.0 Å². The summed E-state index contributed by atoms with van der Waals surface area (Å²) in [7, 11) is 1.66. The zero-order valence-electron chi connectivity index (χ0n) is 16.6. The summed E-state index contributed by atoms with van der Waals surface area (Å²) in [4.78, 5) is 16.7. The molecule has 1 aliphatic rings. The molecule has 2 atom stereocenters. The molecule has 1 N–H and O–H groups in total. The summed E-state index contributed by atoms with van der Waals surface area (Å²) in [5, 5.41) is 5.37. The second-order valence-corrected chi connectivity index (χ2v) is 8.31. The highest BCUT2D eigenvalue weighted by Crippen LogP contribution is 2.34. The molecule has 1 aromatic heterocycles. The lowest BCUT2D eigenvalue weighted by atomic mass is 9.98. The molecule has 0 bridgehead atoms. The molecule has 5 heteroatoms. The van der Waals surface area contributed by atoms with Crippen molar-refractivity contribution >= 4 is 17.2 Å². The van der Waals surface area contributed by atoms with Gasteiger partial charge in [-0.3, -0.25) is 9.69 Å². The molecule has 2 heterocycles. The second-order valence-electron chi connectivity index (χ2n) is 7.33. The topological polar surface area (TPSA) is 41.6 Å². The number of amides is 1. The van der Waals surface area contributed by atoms with Crippen molar-refractivity contribution in [2.75, 3.05) is 20.2 Å². The van der Waals surface area contributed by atoms with Crippen molar-refractivity contribution in [1.82, 2.24) is 10.2 Å². The second kappa shape index (κ2) is 9.25. The predicted molar refractivity (Wildman–Crippen MR) is 117 cm³/mol. The first-order valence-corrected chi connectivity index (χ1v) is 10.9. The lowest BCUT2D eigenvalue weighted by molar-refractivity contribution is -0.123. The summed E-state index contributed by atoms with van der Waals surface area (Å²) in [6.45, 7) is 1.39. The number of hydrogen-bond donors (Lipinski definition) is 1. The first-order valence-electron chi connectivity index (χ1n) is 10.0. The molecule has 1 saturated heterocycles. The number of nitrogens with one attached hydrogen (secondary N) is 1. The van der Waals surface area contributed by atoms with Crippen LogP contribution in [0, 0.1) is 0 Å². The van der Waals surface area contributed by atoms with Crippen LogP contribution in [0.4, 0.5) is 0 Å². The Bertz CT molecular complexity index is 910. The van der Waals surface area contributed by atoms with E-state index in [0.29, 0.717) is 12.6 Å². The quantitative estimate of drug-likeness (QED) is 0.613. The fourth-order valence-electron chi connectivity index (χ4n) is 4.01. The van der Waals surface area contributed by atoms with E-state index in [4.69, 9.17) is 4.74 Å². The van der Waals surface area contributed by atoms with E-state index in [2.05, 4.69) is 39.9 Å². The van der Waals surface area contributed by atoms with Crippen molar-refractivity contribution < 1.29 is 9.53 Å². The van der Waals surface area contributed by atoms with Crippen molar-refractivity contribution in [2.45, 2.75) is 24.9 Å². The number of likely N-dealkylation sites (tertiary alicyclic amines) is 1. The molecule has 1 amide bonds. The Morgan fingerprint density at radius 1 is 1.10 bits per heavy atom. The maximum atomic E-state index is 13.0. The highest BCUT2D eigenvalue weighted by atomic mass is 32.1. The van der Waals surface area contributed by atoms with Crippen LogP contribution in [-0.2, 0) is 4.79 Å². The molecule has 0 saturated carbocycles. The normalized spacial score (nSPS) is 17.8. The average Bonchev–Trinajstić information content (AvgIpc) is 3.44. The number of nitrogens with zero attached hydrogens (tertiary/aromatic N) is 1. The molecule has 0 unspecified atom stereocenters. The Hall–Kier alpha value is -2.63. The van der Waals surface area contributed by atoms with E-state index in [0.717, 1.165) is 36.3 Å². The van der Waals surface area contributed by atoms with Crippen molar-refractivity contribution in [3.63, 3.8) is 0 Å². The molecule has 29 heavy (non-hydrogen) atoms. The number of thiophene rings is 1. The number of ether oxygens (including phenoxy) is 1. The summed E-state index contributed by atoms with van der Waals surface area (Å²) < 4.78 is 5.28. The summed E-state index contributed by atoms with van der Waals surface area (Å²) in [5.74, 6) is 0.862. The Morgan fingerprint density at radius 3 is 2.55 bits per heavy atom. The minimum atomic E-state index is -0.183. The largest absolute Gasteiger partial charge is 0.497 e. The lowest BCUT2D eigenvalue weighted by Gasteiger charge is -2.25. The molecule has 1 aliphatic heterocycles. The van der Waals surface area contributed by atoms with Gasteiger partial charge in [0.25, 0.3) is 0 Å². The van der Waals surface area contributed by atoms with E-state index >= 15 is 0 Å². The van der Waals surface area contributed by atoms with Crippen LogP contribution in [0.3, 0.4) is 0 Å². The number of methoxy groups -OCH3 is 1. The fourth-order valence-corrected chi connectivity index (χ4v) is 4.91. The molecular formula is C24H26N2O2S. The van der Waals surface area contributed by atoms with Crippen molar-refractivity contribution in [3.05, 3.63) is 88.1 Å². The third-order valence-electron chi connectivity index (χ3n) is 5.47. The van der Waals surface area contributed by atoms with Gasteiger partial charge in [0.15, 0.2) is 0 Å². The Morgan fingerprint density at radius 2 is 1.86 bits per heavy atom. The standard InChI is InChI=1S/C24H26N2O2S/c1-28-20-13-11-19(12-14-20)24(18-7-3-2-4-8-18)25-23(27)17-26-15-5-9-21(26)22-10-6-16-29-22/h2-4,6-8,10-14,16,21,24H,5,9,15,17H2,1H3,(H,25,27)/t21-,24+/m1/s1. The smallest absolute Gasteiger partial charge is 0.234 e. The minimum absolute atomic E-state index is 0.0538. The molecule has 4 rings (SSSR count). The van der Waals surface area contributed by atoms with Crippen LogP contribution in [0.2, 0.25) is 0 Å². The van der Waals surface area contributed by atoms with Gasteiger partial charge in [-0.05, 0) is 54.1 Å². The van der Waals surface area contributed by atoms with Crippen LogP contribution >= 0.6 is 11.3 Å². The lowest BCUT2D eigenvalue weighted by Crippen LogP contribution is -2.38. The fraction of sp³-hybridized carbons (Fsp3) is 0.292.